The molecule has 1 saturated heterocycles. The summed E-state index contributed by atoms with van der Waals surface area (Å²) in [6.45, 7) is 0.817. The summed E-state index contributed by atoms with van der Waals surface area (Å²) in [6, 6.07) is 1.83. The fourth-order valence-corrected chi connectivity index (χ4v) is 5.38. The number of benzene rings is 1. The number of likely N-dealkylation sites (N-methyl/N-ethyl adjacent to an activating group) is 1. The zero-order chi connectivity index (χ0) is 18.5. The largest absolute Gasteiger partial charge is 0.333 e. The first kappa shape index (κ1) is 17.8. The number of aryl methyl sites for hydroxylation is 2. The molecule has 2 amide bonds. The first-order valence-electron chi connectivity index (χ1n) is 9.27. The van der Waals surface area contributed by atoms with Crippen LogP contribution >= 0.6 is 0 Å². The fourth-order valence-electron chi connectivity index (χ4n) is 4.23. The monoisotopic (exact) mass is 378 g/mol. The molecule has 1 aromatic rings. The highest BCUT2D eigenvalue weighted by Crippen LogP contribution is 2.38. The van der Waals surface area contributed by atoms with Crippen molar-refractivity contribution in [1.82, 2.24) is 13.9 Å². The number of rotatable bonds is 4. The summed E-state index contributed by atoms with van der Waals surface area (Å²) in [5.41, 5.74) is 5.85. The maximum absolute atomic E-state index is 12.4. The number of urea groups is 1. The Balaban J connectivity index is 1.48. The number of hydrogen-bond acceptors (Lipinski definition) is 4. The van der Waals surface area contributed by atoms with Crippen molar-refractivity contribution in [3.63, 3.8) is 0 Å². The van der Waals surface area contributed by atoms with Crippen molar-refractivity contribution in [3.05, 3.63) is 28.3 Å². The summed E-state index contributed by atoms with van der Waals surface area (Å²) < 4.78 is 28.2. The minimum absolute atomic E-state index is 0.204. The number of anilines is 1. The van der Waals surface area contributed by atoms with Gasteiger partial charge in [-0.05, 0) is 74.9 Å². The number of nitrogens with one attached hydrogen (secondary N) is 2. The summed E-state index contributed by atoms with van der Waals surface area (Å²) in [5, 5.41) is 2.87. The third kappa shape index (κ3) is 3.10. The minimum atomic E-state index is -3.79. The van der Waals surface area contributed by atoms with Gasteiger partial charge in [0.2, 0.25) is 0 Å². The second-order valence-electron chi connectivity index (χ2n) is 7.73. The molecule has 2 aliphatic carbocycles. The molecule has 2 N–H and O–H groups in total. The van der Waals surface area contributed by atoms with Crippen LogP contribution in [0.15, 0.2) is 6.07 Å². The van der Waals surface area contributed by atoms with Gasteiger partial charge in [-0.25, -0.2) is 9.52 Å². The van der Waals surface area contributed by atoms with Crippen molar-refractivity contribution in [2.24, 2.45) is 0 Å². The number of nitrogens with zero attached hydrogens (tertiary/aromatic N) is 2. The van der Waals surface area contributed by atoms with Gasteiger partial charge < -0.3 is 10.2 Å². The van der Waals surface area contributed by atoms with Gasteiger partial charge in [-0.3, -0.25) is 0 Å². The number of fused-ring (bicyclic) bond motifs is 2. The maximum atomic E-state index is 12.4. The molecule has 142 valence electrons. The molecule has 4 rings (SSSR count). The fraction of sp³-hybridized carbons (Fsp3) is 0.611. The van der Waals surface area contributed by atoms with Gasteiger partial charge >= 0.3 is 16.2 Å². The van der Waals surface area contributed by atoms with Crippen LogP contribution in [-0.2, 0) is 35.9 Å². The topological polar surface area (TPSA) is 81.8 Å². The molecule has 1 aliphatic heterocycles. The highest BCUT2D eigenvalue weighted by molar-refractivity contribution is 7.87. The highest BCUT2D eigenvalue weighted by Gasteiger charge is 2.38. The van der Waals surface area contributed by atoms with E-state index in [1.54, 1.807) is 0 Å². The molecule has 1 fully saturated rings. The van der Waals surface area contributed by atoms with Gasteiger partial charge in [-0.2, -0.15) is 12.7 Å². The van der Waals surface area contributed by atoms with Crippen LogP contribution in [0.4, 0.5) is 10.5 Å². The highest BCUT2D eigenvalue weighted by atomic mass is 32.2. The smallest absolute Gasteiger partial charge is 0.307 e. The van der Waals surface area contributed by atoms with Gasteiger partial charge in [-0.15, -0.1) is 0 Å². The standard InChI is InChI=1S/C18H26N4O3S/c1-21(2)14-10-22(11-14)26(24,25)20-18(23)19-17-15-7-3-5-12(15)9-13-6-4-8-16(13)17/h9,14H,3-8,10-11H2,1-2H3,(H2,19,20,23). The van der Waals surface area contributed by atoms with Crippen LogP contribution in [0.3, 0.4) is 0 Å². The predicted molar refractivity (Wildman–Crippen MR) is 101 cm³/mol. The van der Waals surface area contributed by atoms with Crippen LogP contribution in [0, 0.1) is 0 Å². The Morgan fingerprint density at radius 3 is 2.19 bits per heavy atom. The van der Waals surface area contributed by atoms with Crippen LogP contribution in [0.5, 0.6) is 0 Å². The quantitative estimate of drug-likeness (QED) is 0.827. The lowest BCUT2D eigenvalue weighted by Crippen LogP contribution is -2.62. The van der Waals surface area contributed by atoms with Crippen molar-refractivity contribution in [1.29, 1.82) is 0 Å². The lowest BCUT2D eigenvalue weighted by Gasteiger charge is -2.41. The normalized spacial score (nSPS) is 20.0. The van der Waals surface area contributed by atoms with E-state index in [-0.39, 0.29) is 6.04 Å². The molecule has 0 spiro atoms. The molecular weight excluding hydrogens is 352 g/mol. The van der Waals surface area contributed by atoms with E-state index in [9.17, 15) is 13.2 Å². The third-order valence-corrected chi connectivity index (χ3v) is 7.25. The molecule has 3 aliphatic rings. The van der Waals surface area contributed by atoms with Crippen LogP contribution in [-0.4, -0.2) is 56.9 Å². The number of carbonyl (C=O) groups is 1. The lowest BCUT2D eigenvalue weighted by atomic mass is 9.99. The van der Waals surface area contributed by atoms with Crippen molar-refractivity contribution in [2.45, 2.75) is 44.6 Å². The molecule has 8 heteroatoms. The molecule has 1 heterocycles. The van der Waals surface area contributed by atoms with Gasteiger partial charge in [0.15, 0.2) is 0 Å². The Morgan fingerprint density at radius 2 is 1.65 bits per heavy atom. The van der Waals surface area contributed by atoms with Crippen molar-refractivity contribution >= 4 is 21.9 Å². The van der Waals surface area contributed by atoms with E-state index in [0.717, 1.165) is 44.2 Å². The molecule has 0 atom stereocenters. The zero-order valence-electron chi connectivity index (χ0n) is 15.3. The Bertz CT molecular complexity index is 812. The molecule has 0 radical (unpaired) electrons. The van der Waals surface area contributed by atoms with E-state index in [2.05, 4.69) is 16.1 Å². The second-order valence-corrected chi connectivity index (χ2v) is 9.40. The molecule has 0 unspecified atom stereocenters. The molecule has 0 saturated carbocycles. The van der Waals surface area contributed by atoms with E-state index in [1.165, 1.54) is 26.6 Å². The van der Waals surface area contributed by atoms with Gasteiger partial charge in [-0.1, -0.05) is 6.07 Å². The maximum Gasteiger partial charge on any atom is 0.333 e. The Labute approximate surface area is 154 Å². The Hall–Kier alpha value is -1.64. The minimum Gasteiger partial charge on any atom is -0.307 e. The summed E-state index contributed by atoms with van der Waals surface area (Å²) in [7, 11) is 0.0510. The third-order valence-electron chi connectivity index (χ3n) is 5.83. The van der Waals surface area contributed by atoms with Gasteiger partial charge in [0.1, 0.15) is 0 Å². The summed E-state index contributed by atoms with van der Waals surface area (Å²) >= 11 is 0. The molecule has 0 bridgehead atoms. The van der Waals surface area contributed by atoms with Gasteiger partial charge in [0.05, 0.1) is 0 Å². The SMILES string of the molecule is CN(C)C1CN(S(=O)(=O)NC(=O)Nc2c3c(cc4c2CCC4)CCC3)C1. The summed E-state index contributed by atoms with van der Waals surface area (Å²) in [4.78, 5) is 14.4. The van der Waals surface area contributed by atoms with Crippen LogP contribution in [0.1, 0.15) is 35.1 Å². The van der Waals surface area contributed by atoms with E-state index in [4.69, 9.17) is 0 Å². The van der Waals surface area contributed by atoms with Crippen LogP contribution in [0.2, 0.25) is 0 Å². The lowest BCUT2D eigenvalue weighted by molar-refractivity contribution is 0.133. The second kappa shape index (κ2) is 6.51. The first-order chi connectivity index (χ1) is 12.3. The van der Waals surface area contributed by atoms with Crippen molar-refractivity contribution < 1.29 is 13.2 Å². The predicted octanol–water partition coefficient (Wildman–Crippen LogP) is 1.28. The average Bonchev–Trinajstić information content (AvgIpc) is 3.12. The number of amides is 2. The van der Waals surface area contributed by atoms with Crippen LogP contribution < -0.4 is 10.0 Å². The van der Waals surface area contributed by atoms with Crippen molar-refractivity contribution in [3.8, 4) is 0 Å². The Kier molecular flexibility index (Phi) is 4.45. The average molecular weight is 378 g/mol. The van der Waals surface area contributed by atoms with E-state index >= 15 is 0 Å². The van der Waals surface area contributed by atoms with E-state index in [0.29, 0.717) is 13.1 Å². The van der Waals surface area contributed by atoms with E-state index in [1.807, 2.05) is 19.0 Å². The number of hydrogen-bond donors (Lipinski definition) is 2. The Morgan fingerprint density at radius 1 is 1.08 bits per heavy atom. The molecular formula is C18H26N4O3S. The van der Waals surface area contributed by atoms with Gasteiger partial charge in [0.25, 0.3) is 0 Å². The zero-order valence-corrected chi connectivity index (χ0v) is 16.2. The summed E-state index contributed by atoms with van der Waals surface area (Å²) in [5.74, 6) is 0. The molecule has 1 aromatic carbocycles. The van der Waals surface area contributed by atoms with E-state index < -0.39 is 16.2 Å². The first-order valence-corrected chi connectivity index (χ1v) is 10.7. The number of carbonyl (C=O) groups excluding carboxylic acids is 1. The molecule has 26 heavy (non-hydrogen) atoms. The summed E-state index contributed by atoms with van der Waals surface area (Å²) in [6.07, 6.45) is 6.15. The van der Waals surface area contributed by atoms with Crippen molar-refractivity contribution in [2.75, 3.05) is 32.5 Å². The van der Waals surface area contributed by atoms with Gasteiger partial charge in [0, 0.05) is 24.8 Å². The van der Waals surface area contributed by atoms with Crippen LogP contribution in [0.25, 0.3) is 0 Å². The molecule has 0 aromatic heterocycles. The molecule has 7 nitrogen and oxygen atoms in total.